The second-order valence-electron chi connectivity index (χ2n) is 9.90. The summed E-state index contributed by atoms with van der Waals surface area (Å²) >= 11 is 6.44. The Morgan fingerprint density at radius 2 is 2.00 bits per heavy atom. The van der Waals surface area contributed by atoms with Gasteiger partial charge in [-0.1, -0.05) is 18.5 Å². The van der Waals surface area contributed by atoms with Gasteiger partial charge in [-0.2, -0.15) is 0 Å². The molecule has 0 amide bonds. The lowest BCUT2D eigenvalue weighted by molar-refractivity contribution is -0.920. The van der Waals surface area contributed by atoms with Gasteiger partial charge < -0.3 is 14.8 Å². The van der Waals surface area contributed by atoms with Crippen LogP contribution in [-0.2, 0) is 10.0 Å². The number of nitrogens with one attached hydrogen (secondary N) is 3. The van der Waals surface area contributed by atoms with Crippen LogP contribution in [0.1, 0.15) is 31.7 Å². The van der Waals surface area contributed by atoms with Crippen molar-refractivity contribution in [3.05, 3.63) is 53.2 Å². The smallest absolute Gasteiger partial charge is 0.232 e. The summed E-state index contributed by atoms with van der Waals surface area (Å²) in [6.45, 7) is 5.98. The van der Waals surface area contributed by atoms with Crippen LogP contribution in [0.25, 0.3) is 5.70 Å². The Labute approximate surface area is 216 Å². The van der Waals surface area contributed by atoms with Crippen molar-refractivity contribution in [2.24, 2.45) is 0 Å². The van der Waals surface area contributed by atoms with Crippen LogP contribution < -0.4 is 25.6 Å². The van der Waals surface area contributed by atoms with E-state index in [1.54, 1.807) is 19.3 Å². The number of aromatic nitrogens is 1. The molecule has 5 rings (SSSR count). The topological polar surface area (TPSA) is 89.6 Å². The van der Waals surface area contributed by atoms with Crippen molar-refractivity contribution in [1.29, 1.82) is 0 Å². The number of nitrogens with zero attached hydrogens (tertiary/aromatic N) is 4. The number of pyridine rings is 1. The van der Waals surface area contributed by atoms with Gasteiger partial charge in [0.25, 0.3) is 0 Å². The highest BCUT2D eigenvalue weighted by molar-refractivity contribution is 7.92. The number of piperazine rings is 1. The highest BCUT2D eigenvalue weighted by Crippen LogP contribution is 2.37. The number of sulfonamides is 1. The van der Waals surface area contributed by atoms with Crippen molar-refractivity contribution < 1.29 is 17.3 Å². The molecular formula is C24H32ClFN7O2S+. The number of rotatable bonds is 8. The fourth-order valence-electron chi connectivity index (χ4n) is 4.90. The van der Waals surface area contributed by atoms with Gasteiger partial charge in [-0.3, -0.25) is 14.7 Å². The molecule has 1 aromatic carbocycles. The standard InChI is InChI=1S/C24H32ClFN7O2S/c1-3-12-36(34,35)29-21-7-6-20(26)24(23(21)25)32-16-22(28-30-32)17-13-18(15-27-14-17)31-8-10-33(2,11-9-31)19-4-5-19/h6-7,13-16,19,28-30H,3-5,8-12H2,1-2H3/q+1. The molecule has 1 saturated heterocycles. The van der Waals surface area contributed by atoms with Crippen molar-refractivity contribution in [2.45, 2.75) is 32.2 Å². The molecule has 1 aromatic heterocycles. The van der Waals surface area contributed by atoms with E-state index in [4.69, 9.17) is 11.6 Å². The SMILES string of the molecule is CCCS(=O)(=O)Nc1ccc(F)c(N2C=C(c3cncc(N4CC[N+](C)(C5CC5)CC4)c3)NN2)c1Cl. The zero-order chi connectivity index (χ0) is 25.5. The molecule has 9 nitrogen and oxygen atoms in total. The van der Waals surface area contributed by atoms with E-state index in [0.717, 1.165) is 48.0 Å². The predicted octanol–water partition coefficient (Wildman–Crippen LogP) is 3.28. The van der Waals surface area contributed by atoms with Crippen molar-refractivity contribution in [2.75, 3.05) is 53.6 Å². The molecule has 194 valence electrons. The summed E-state index contributed by atoms with van der Waals surface area (Å²) in [6.07, 6.45) is 8.43. The van der Waals surface area contributed by atoms with Crippen molar-refractivity contribution in [3.63, 3.8) is 0 Å². The maximum Gasteiger partial charge on any atom is 0.232 e. The van der Waals surface area contributed by atoms with Crippen molar-refractivity contribution >= 4 is 44.4 Å². The third-order valence-electron chi connectivity index (χ3n) is 7.21. The van der Waals surface area contributed by atoms with E-state index >= 15 is 0 Å². The molecule has 3 N–H and O–H groups in total. The van der Waals surface area contributed by atoms with Gasteiger partial charge in [-0.25, -0.2) is 12.8 Å². The van der Waals surface area contributed by atoms with E-state index in [9.17, 15) is 12.8 Å². The van der Waals surface area contributed by atoms with Crippen LogP contribution in [0.5, 0.6) is 0 Å². The minimum Gasteiger partial charge on any atom is -0.359 e. The fourth-order valence-corrected chi connectivity index (χ4v) is 6.39. The fraction of sp³-hybridized carbons (Fsp3) is 0.458. The molecule has 2 aliphatic heterocycles. The van der Waals surface area contributed by atoms with Crippen LogP contribution >= 0.6 is 11.6 Å². The summed E-state index contributed by atoms with van der Waals surface area (Å²) in [6, 6.07) is 5.40. The minimum absolute atomic E-state index is 0.00754. The Bertz CT molecular complexity index is 1280. The second-order valence-corrected chi connectivity index (χ2v) is 12.1. The molecule has 2 fully saturated rings. The summed E-state index contributed by atoms with van der Waals surface area (Å²) in [5.41, 5.74) is 8.64. The number of anilines is 3. The Morgan fingerprint density at radius 1 is 1.25 bits per heavy atom. The first-order chi connectivity index (χ1) is 17.2. The third-order valence-corrected chi connectivity index (χ3v) is 9.06. The van der Waals surface area contributed by atoms with Crippen LogP contribution in [-0.4, -0.2) is 62.9 Å². The average molecular weight is 537 g/mol. The first kappa shape index (κ1) is 25.1. The van der Waals surface area contributed by atoms with Crippen LogP contribution in [0.3, 0.4) is 0 Å². The quantitative estimate of drug-likeness (QED) is 0.446. The summed E-state index contributed by atoms with van der Waals surface area (Å²) in [7, 11) is -1.21. The lowest BCUT2D eigenvalue weighted by Crippen LogP contribution is -2.58. The number of hydrogen-bond donors (Lipinski definition) is 3. The van der Waals surface area contributed by atoms with E-state index in [0.29, 0.717) is 12.1 Å². The van der Waals surface area contributed by atoms with Gasteiger partial charge in [0, 0.05) is 30.8 Å². The Morgan fingerprint density at radius 3 is 2.69 bits per heavy atom. The highest BCUT2D eigenvalue weighted by atomic mass is 35.5. The first-order valence-corrected chi connectivity index (χ1v) is 14.3. The molecule has 1 aliphatic carbocycles. The summed E-state index contributed by atoms with van der Waals surface area (Å²) in [4.78, 5) is 6.81. The zero-order valence-corrected chi connectivity index (χ0v) is 22.0. The van der Waals surface area contributed by atoms with E-state index in [1.165, 1.54) is 30.0 Å². The Hall–Kier alpha value is -2.60. The van der Waals surface area contributed by atoms with E-state index in [2.05, 4.69) is 38.7 Å². The van der Waals surface area contributed by atoms with Crippen LogP contribution in [0.4, 0.5) is 21.5 Å². The average Bonchev–Trinajstić information content (AvgIpc) is 3.61. The number of quaternary nitrogens is 1. The van der Waals surface area contributed by atoms with Crippen molar-refractivity contribution in [3.8, 4) is 0 Å². The largest absolute Gasteiger partial charge is 0.359 e. The summed E-state index contributed by atoms with van der Waals surface area (Å²) < 4.78 is 42.8. The normalized spacial score (nSPS) is 19.7. The van der Waals surface area contributed by atoms with Crippen molar-refractivity contribution in [1.82, 2.24) is 15.9 Å². The molecule has 3 aliphatic rings. The maximum absolute atomic E-state index is 14.8. The van der Waals surface area contributed by atoms with Gasteiger partial charge >= 0.3 is 0 Å². The molecule has 0 spiro atoms. The maximum atomic E-state index is 14.8. The van der Waals surface area contributed by atoms with Crippen LogP contribution in [0, 0.1) is 5.82 Å². The van der Waals surface area contributed by atoms with Gasteiger partial charge in [0.1, 0.15) is 11.5 Å². The first-order valence-electron chi connectivity index (χ1n) is 12.2. The monoisotopic (exact) mass is 536 g/mol. The molecule has 3 heterocycles. The van der Waals surface area contributed by atoms with E-state index in [1.807, 2.05) is 6.20 Å². The Kier molecular flexibility index (Phi) is 6.75. The number of hydrazine groups is 2. The van der Waals surface area contributed by atoms with Gasteiger partial charge in [0.2, 0.25) is 10.0 Å². The number of hydrogen-bond acceptors (Lipinski definition) is 7. The van der Waals surface area contributed by atoms with Gasteiger partial charge in [-0.15, -0.1) is 5.53 Å². The molecule has 12 heteroatoms. The van der Waals surface area contributed by atoms with E-state index < -0.39 is 15.8 Å². The minimum atomic E-state index is -3.58. The molecule has 0 radical (unpaired) electrons. The number of benzene rings is 1. The molecule has 1 saturated carbocycles. The molecule has 2 aromatic rings. The van der Waals surface area contributed by atoms with Gasteiger partial charge in [0.05, 0.1) is 73.3 Å². The molecule has 0 bridgehead atoms. The second kappa shape index (κ2) is 9.70. The van der Waals surface area contributed by atoms with Crippen LogP contribution in [0.2, 0.25) is 5.02 Å². The lowest BCUT2D eigenvalue weighted by atomic mass is 10.1. The molecule has 0 unspecified atom stereocenters. The summed E-state index contributed by atoms with van der Waals surface area (Å²) in [5, 5.41) is 1.36. The van der Waals surface area contributed by atoms with E-state index in [-0.39, 0.29) is 22.2 Å². The third kappa shape index (κ3) is 5.10. The molecule has 36 heavy (non-hydrogen) atoms. The molecular weight excluding hydrogens is 505 g/mol. The van der Waals surface area contributed by atoms with Gasteiger partial charge in [-0.05, 0) is 24.6 Å². The zero-order valence-electron chi connectivity index (χ0n) is 20.5. The number of halogens is 2. The Balaban J connectivity index is 1.34. The van der Waals surface area contributed by atoms with Gasteiger partial charge in [0.15, 0.2) is 0 Å². The summed E-state index contributed by atoms with van der Waals surface area (Å²) in [5.74, 6) is -0.648. The lowest BCUT2D eigenvalue weighted by Gasteiger charge is -2.43. The number of likely N-dealkylation sites (N-methyl/N-ethyl adjacent to an activating group) is 1. The molecule has 0 atom stereocenters. The highest BCUT2D eigenvalue weighted by Gasteiger charge is 2.43. The van der Waals surface area contributed by atoms with Crippen LogP contribution in [0.15, 0.2) is 36.8 Å². The predicted molar refractivity (Wildman–Crippen MR) is 141 cm³/mol.